The molecule has 1 aromatic carbocycles. The molecule has 1 unspecified atom stereocenters. The third-order valence-electron chi connectivity index (χ3n) is 6.01. The number of hydrogen-bond acceptors (Lipinski definition) is 6. The summed E-state index contributed by atoms with van der Waals surface area (Å²) in [6, 6.07) is 14.7. The molecule has 2 N–H and O–H groups in total. The van der Waals surface area contributed by atoms with Crippen molar-refractivity contribution in [1.82, 2.24) is 24.6 Å². The maximum absolute atomic E-state index is 13.7. The maximum Gasteiger partial charge on any atom is 0.275 e. The van der Waals surface area contributed by atoms with Crippen molar-refractivity contribution in [3.8, 4) is 0 Å². The van der Waals surface area contributed by atoms with Crippen molar-refractivity contribution in [3.63, 3.8) is 0 Å². The van der Waals surface area contributed by atoms with Gasteiger partial charge in [-0.15, -0.1) is 0 Å². The molecule has 5 rings (SSSR count). The van der Waals surface area contributed by atoms with Crippen molar-refractivity contribution in [3.05, 3.63) is 101 Å². The van der Waals surface area contributed by atoms with Crippen LogP contribution in [-0.4, -0.2) is 48.4 Å². The van der Waals surface area contributed by atoms with E-state index in [-0.39, 0.29) is 41.1 Å². The molecular weight excluding hydrogens is 494 g/mol. The molecule has 0 saturated heterocycles. The highest BCUT2D eigenvalue weighted by Gasteiger charge is 2.37. The molecule has 0 radical (unpaired) electrons. The van der Waals surface area contributed by atoms with Crippen molar-refractivity contribution in [1.29, 1.82) is 0 Å². The van der Waals surface area contributed by atoms with Gasteiger partial charge in [-0.05, 0) is 42.0 Å². The number of carbonyl (C=O) groups is 3. The number of aryl methyl sites for hydroxylation is 1. The summed E-state index contributed by atoms with van der Waals surface area (Å²) < 4.78 is 1.44. The van der Waals surface area contributed by atoms with Gasteiger partial charge < -0.3 is 15.5 Å². The number of halogens is 1. The van der Waals surface area contributed by atoms with Crippen molar-refractivity contribution in [2.75, 3.05) is 10.6 Å². The van der Waals surface area contributed by atoms with Crippen molar-refractivity contribution >= 4 is 40.8 Å². The minimum absolute atomic E-state index is 0.0796. The Morgan fingerprint density at radius 3 is 2.57 bits per heavy atom. The van der Waals surface area contributed by atoms with Crippen LogP contribution in [0.2, 0.25) is 5.02 Å². The zero-order valence-corrected chi connectivity index (χ0v) is 20.5. The maximum atomic E-state index is 13.7. The Hall–Kier alpha value is -4.57. The molecule has 11 heteroatoms. The van der Waals surface area contributed by atoms with E-state index in [1.54, 1.807) is 68.0 Å². The number of fused-ring (bicyclic) bond motifs is 1. The van der Waals surface area contributed by atoms with Gasteiger partial charge in [-0.3, -0.25) is 24.0 Å². The number of benzene rings is 1. The second kappa shape index (κ2) is 10.2. The first-order chi connectivity index (χ1) is 17.9. The molecule has 3 amide bonds. The summed E-state index contributed by atoms with van der Waals surface area (Å²) in [5.41, 5.74) is 2.20. The first kappa shape index (κ1) is 24.1. The van der Waals surface area contributed by atoms with Gasteiger partial charge in [-0.25, -0.2) is 4.98 Å². The van der Waals surface area contributed by atoms with E-state index in [0.29, 0.717) is 22.8 Å². The van der Waals surface area contributed by atoms with Gasteiger partial charge in [0.1, 0.15) is 17.6 Å². The number of nitrogens with one attached hydrogen (secondary N) is 2. The molecule has 37 heavy (non-hydrogen) atoms. The Bertz CT molecular complexity index is 1470. The van der Waals surface area contributed by atoms with Crippen LogP contribution in [0.5, 0.6) is 0 Å². The highest BCUT2D eigenvalue weighted by molar-refractivity contribution is 6.34. The molecule has 4 heterocycles. The van der Waals surface area contributed by atoms with E-state index < -0.39 is 11.9 Å². The normalized spacial score (nSPS) is 15.1. The number of nitrogens with zero attached hydrogens (tertiary/aromatic N) is 5. The van der Waals surface area contributed by atoms with Crippen LogP contribution in [0.1, 0.15) is 32.1 Å². The van der Waals surface area contributed by atoms with Crippen molar-refractivity contribution in [2.45, 2.75) is 19.0 Å². The standard InChI is InChI=1S/C26H22ClN7O3/c1-33-23-20(14-30-33)31-25(36)21(13-17-6-2-4-10-28-17)34(26(23)37)15-16-8-9-18(19(27)12-16)24(35)32-22-7-3-5-11-29-22/h2-12,14,21H,13,15H2,1H3,(H,31,36)(H,29,32,35). The third kappa shape index (κ3) is 5.05. The zero-order chi connectivity index (χ0) is 25.9. The molecule has 0 bridgehead atoms. The first-order valence-electron chi connectivity index (χ1n) is 11.5. The SMILES string of the molecule is Cn1ncc2c1C(=O)N(Cc1ccc(C(=O)Nc3ccccn3)c(Cl)c1)C(Cc1ccccn1)C(=O)N2. The fourth-order valence-electron chi connectivity index (χ4n) is 4.18. The van der Waals surface area contributed by atoms with Crippen LogP contribution in [0.3, 0.4) is 0 Å². The molecule has 1 aliphatic heterocycles. The van der Waals surface area contributed by atoms with Crippen LogP contribution in [0.25, 0.3) is 0 Å². The van der Waals surface area contributed by atoms with E-state index >= 15 is 0 Å². The number of carbonyl (C=O) groups excluding carboxylic acids is 3. The predicted molar refractivity (Wildman–Crippen MR) is 137 cm³/mol. The van der Waals surface area contributed by atoms with Crippen LogP contribution in [0.15, 0.2) is 73.2 Å². The highest BCUT2D eigenvalue weighted by Crippen LogP contribution is 2.27. The zero-order valence-electron chi connectivity index (χ0n) is 19.8. The van der Waals surface area contributed by atoms with Gasteiger partial charge in [-0.1, -0.05) is 29.8 Å². The summed E-state index contributed by atoms with van der Waals surface area (Å²) in [5.74, 6) is -0.711. The van der Waals surface area contributed by atoms with Crippen LogP contribution in [0, 0.1) is 0 Å². The molecular formula is C26H22ClN7O3. The second-order valence-corrected chi connectivity index (χ2v) is 8.88. The number of hydrogen-bond donors (Lipinski definition) is 2. The summed E-state index contributed by atoms with van der Waals surface area (Å²) in [6.45, 7) is 0.0796. The number of aromatic nitrogens is 4. The summed E-state index contributed by atoms with van der Waals surface area (Å²) in [7, 11) is 1.64. The fraction of sp³-hybridized carbons (Fsp3) is 0.154. The third-order valence-corrected chi connectivity index (χ3v) is 6.32. The lowest BCUT2D eigenvalue weighted by atomic mass is 10.1. The molecule has 1 aliphatic rings. The topological polar surface area (TPSA) is 122 Å². The molecule has 0 saturated carbocycles. The van der Waals surface area contributed by atoms with Gasteiger partial charge in [0.15, 0.2) is 0 Å². The number of amides is 3. The molecule has 10 nitrogen and oxygen atoms in total. The molecule has 0 aliphatic carbocycles. The monoisotopic (exact) mass is 515 g/mol. The Labute approximate surface area is 217 Å². The molecule has 186 valence electrons. The molecule has 0 fully saturated rings. The van der Waals surface area contributed by atoms with Gasteiger partial charge in [0.2, 0.25) is 5.91 Å². The Balaban J connectivity index is 1.44. The number of anilines is 2. The number of rotatable bonds is 6. The highest BCUT2D eigenvalue weighted by atomic mass is 35.5. The molecule has 3 aromatic heterocycles. The van der Waals surface area contributed by atoms with Gasteiger partial charge in [0.25, 0.3) is 11.8 Å². The van der Waals surface area contributed by atoms with Crippen molar-refractivity contribution < 1.29 is 14.4 Å². The van der Waals surface area contributed by atoms with Crippen molar-refractivity contribution in [2.24, 2.45) is 7.05 Å². The van der Waals surface area contributed by atoms with E-state index in [0.717, 1.165) is 0 Å². The summed E-state index contributed by atoms with van der Waals surface area (Å²) in [5, 5.41) is 9.86. The van der Waals surface area contributed by atoms with Gasteiger partial charge in [0, 0.05) is 38.1 Å². The lowest BCUT2D eigenvalue weighted by Crippen LogP contribution is -2.46. The Morgan fingerprint density at radius 2 is 1.86 bits per heavy atom. The first-order valence-corrected chi connectivity index (χ1v) is 11.8. The van der Waals surface area contributed by atoms with E-state index in [1.807, 2.05) is 6.07 Å². The second-order valence-electron chi connectivity index (χ2n) is 8.48. The summed E-state index contributed by atoms with van der Waals surface area (Å²) >= 11 is 6.47. The van der Waals surface area contributed by atoms with Crippen LogP contribution in [0.4, 0.5) is 11.5 Å². The smallest absolute Gasteiger partial charge is 0.275 e. The molecule has 4 aromatic rings. The van der Waals surface area contributed by atoms with Crippen LogP contribution < -0.4 is 10.6 Å². The average molecular weight is 516 g/mol. The number of pyridine rings is 2. The van der Waals surface area contributed by atoms with E-state index in [4.69, 9.17) is 11.6 Å². The fourth-order valence-corrected chi connectivity index (χ4v) is 4.47. The quantitative estimate of drug-likeness (QED) is 0.406. The van der Waals surface area contributed by atoms with Gasteiger partial charge >= 0.3 is 0 Å². The Morgan fingerprint density at radius 1 is 1.08 bits per heavy atom. The van der Waals surface area contributed by atoms with E-state index in [2.05, 4.69) is 25.7 Å². The lowest BCUT2D eigenvalue weighted by molar-refractivity contribution is -0.120. The molecule has 0 spiro atoms. The minimum Gasteiger partial charge on any atom is -0.321 e. The van der Waals surface area contributed by atoms with Crippen LogP contribution in [-0.2, 0) is 24.8 Å². The summed E-state index contributed by atoms with van der Waals surface area (Å²) in [4.78, 5) is 49.6. The minimum atomic E-state index is -0.833. The van der Waals surface area contributed by atoms with Gasteiger partial charge in [-0.2, -0.15) is 5.10 Å². The average Bonchev–Trinajstić information content (AvgIpc) is 3.22. The Kier molecular flexibility index (Phi) is 6.65. The summed E-state index contributed by atoms with van der Waals surface area (Å²) in [6.07, 6.45) is 4.89. The lowest BCUT2D eigenvalue weighted by Gasteiger charge is -2.29. The van der Waals surface area contributed by atoms with Gasteiger partial charge in [0.05, 0.1) is 22.5 Å². The largest absolute Gasteiger partial charge is 0.321 e. The molecule has 1 atom stereocenters. The predicted octanol–water partition coefficient (Wildman–Crippen LogP) is 3.32. The van der Waals surface area contributed by atoms with E-state index in [9.17, 15) is 14.4 Å². The van der Waals surface area contributed by atoms with Crippen LogP contribution >= 0.6 is 11.6 Å². The van der Waals surface area contributed by atoms with E-state index in [1.165, 1.54) is 15.8 Å².